The third-order valence-electron chi connectivity index (χ3n) is 13.2. The summed E-state index contributed by atoms with van der Waals surface area (Å²) in [4.78, 5) is 61.5. The Hall–Kier alpha value is -6.28. The molecule has 2 N–H and O–H groups in total. The predicted molar refractivity (Wildman–Crippen MR) is 250 cm³/mol. The lowest BCUT2D eigenvalue weighted by molar-refractivity contribution is -0.138. The van der Waals surface area contributed by atoms with E-state index in [4.69, 9.17) is 42.1 Å². The zero-order valence-electron chi connectivity index (χ0n) is 35.5. The third kappa shape index (κ3) is 7.20. The molecule has 5 aromatic rings. The second-order valence-electron chi connectivity index (χ2n) is 16.3. The average molecular weight is 980 g/mol. The molecule has 332 valence electrons. The highest BCUT2D eigenvalue weighted by Gasteiger charge is 2.71. The number of nitrogens with zero attached hydrogens (tertiary/aromatic N) is 2. The minimum Gasteiger partial charge on any atom is -0.504 e. The number of fused-ring (bicyclic) bond motifs is 4. The summed E-state index contributed by atoms with van der Waals surface area (Å²) in [5.41, 5.74) is 5.01. The van der Waals surface area contributed by atoms with Crippen molar-refractivity contribution in [3.8, 4) is 28.7 Å². The van der Waals surface area contributed by atoms with E-state index in [1.165, 1.54) is 25.2 Å². The van der Waals surface area contributed by atoms with Gasteiger partial charge in [0, 0.05) is 26.5 Å². The van der Waals surface area contributed by atoms with E-state index in [9.17, 15) is 14.7 Å². The fourth-order valence-electron chi connectivity index (χ4n) is 10.3. The molecule has 12 nitrogen and oxygen atoms in total. The predicted octanol–water partition coefficient (Wildman–Crippen LogP) is 9.86. The first kappa shape index (κ1) is 43.9. The fourth-order valence-corrected chi connectivity index (χ4v) is 11.2. The number of aromatic hydroxyl groups is 1. The van der Waals surface area contributed by atoms with Gasteiger partial charge >= 0.3 is 0 Å². The minimum absolute atomic E-state index is 0.0306. The number of benzene rings is 5. The molecule has 0 aromatic heterocycles. The van der Waals surface area contributed by atoms with Gasteiger partial charge in [0.1, 0.15) is 17.2 Å². The van der Waals surface area contributed by atoms with Crippen LogP contribution in [0.5, 0.6) is 28.7 Å². The number of hydrogen-bond acceptors (Lipinski definition) is 10. The molecule has 2 heterocycles. The van der Waals surface area contributed by atoms with Crippen LogP contribution in [0.1, 0.15) is 41.0 Å². The van der Waals surface area contributed by atoms with Crippen LogP contribution in [0.15, 0.2) is 113 Å². The molecule has 65 heavy (non-hydrogen) atoms. The van der Waals surface area contributed by atoms with E-state index in [-0.39, 0.29) is 41.0 Å². The molecule has 5 aromatic carbocycles. The van der Waals surface area contributed by atoms with E-state index in [0.717, 1.165) is 16.1 Å². The van der Waals surface area contributed by atoms with Crippen LogP contribution >= 0.6 is 39.1 Å². The molecule has 2 aliphatic carbocycles. The highest BCUT2D eigenvalue weighted by molar-refractivity contribution is 9.10. The average Bonchev–Trinajstić information content (AvgIpc) is 3.70. The second-order valence-corrected chi connectivity index (χ2v) is 18.1. The Morgan fingerprint density at radius 1 is 0.754 bits per heavy atom. The summed E-state index contributed by atoms with van der Waals surface area (Å²) in [6.45, 7) is 0. The smallest absolute Gasteiger partial charge is 0.260 e. The van der Waals surface area contributed by atoms with E-state index < -0.39 is 52.7 Å². The Morgan fingerprint density at radius 3 is 2.14 bits per heavy atom. The first-order chi connectivity index (χ1) is 31.3. The van der Waals surface area contributed by atoms with Crippen LogP contribution in [0.4, 0.5) is 11.4 Å². The molecule has 9 rings (SSSR count). The zero-order valence-corrected chi connectivity index (χ0v) is 38.6. The van der Waals surface area contributed by atoms with Gasteiger partial charge in [-0.1, -0.05) is 87.2 Å². The van der Waals surface area contributed by atoms with Gasteiger partial charge in [-0.3, -0.25) is 29.5 Å². The Morgan fingerprint density at radius 2 is 1.46 bits per heavy atom. The van der Waals surface area contributed by atoms with Gasteiger partial charge in [-0.25, -0.2) is 0 Å². The zero-order chi connectivity index (χ0) is 45.9. The maximum atomic E-state index is 15.7. The lowest BCUT2D eigenvalue weighted by Gasteiger charge is -2.50. The normalized spacial score (nSPS) is 23.6. The number of ether oxygens (including phenoxy) is 4. The largest absolute Gasteiger partial charge is 0.504 e. The van der Waals surface area contributed by atoms with Crippen molar-refractivity contribution < 1.29 is 43.2 Å². The Balaban J connectivity index is 1.15. The number of hydrogen-bond donors (Lipinski definition) is 2. The number of amides is 4. The Bertz CT molecular complexity index is 2830. The maximum Gasteiger partial charge on any atom is 0.260 e. The number of imide groups is 2. The molecule has 4 amide bonds. The van der Waals surface area contributed by atoms with Crippen LogP contribution in [0, 0.1) is 23.7 Å². The van der Waals surface area contributed by atoms with Crippen LogP contribution in [-0.2, 0) is 24.6 Å². The molecule has 15 heteroatoms. The van der Waals surface area contributed by atoms with Gasteiger partial charge in [-0.15, -0.1) is 0 Å². The Labute approximate surface area is 393 Å². The standard InChI is InChI=1S/C50H42BrCl2N3O9/c1-62-32-14-9-28(10-15-32)50-38(47(59)56(49(50)61)54-40-19-11-30(52)24-39(40)53)25-36-34(44(50)37-22-29(51)23-42(65-4)45(37)57)17-18-35-43(36)48(60)55(46(35)58)31-12-6-26(7-13-31)5-8-27-21-33(63-2)16-20-41(27)64-3/h5-17,19-24,35-36,38,43-44,54,57H,18,25H2,1-4H3/t35-,36+,38-,43-,44+,50+/m0/s1. The van der Waals surface area contributed by atoms with Gasteiger partial charge in [0.25, 0.3) is 11.8 Å². The molecule has 0 spiro atoms. The van der Waals surface area contributed by atoms with Gasteiger partial charge in [0.15, 0.2) is 11.5 Å². The molecule has 3 fully saturated rings. The summed E-state index contributed by atoms with van der Waals surface area (Å²) in [5, 5.41) is 13.6. The summed E-state index contributed by atoms with van der Waals surface area (Å²) >= 11 is 16.4. The van der Waals surface area contributed by atoms with Crippen LogP contribution in [0.3, 0.4) is 0 Å². The van der Waals surface area contributed by atoms with Crippen LogP contribution in [-0.4, -0.2) is 62.2 Å². The summed E-state index contributed by atoms with van der Waals surface area (Å²) in [6.07, 6.45) is 5.92. The summed E-state index contributed by atoms with van der Waals surface area (Å²) in [6, 6.07) is 27.5. The summed E-state index contributed by atoms with van der Waals surface area (Å²) in [5.74, 6) is -4.66. The van der Waals surface area contributed by atoms with Gasteiger partial charge in [-0.2, -0.15) is 5.01 Å². The number of nitrogens with one attached hydrogen (secondary N) is 1. The van der Waals surface area contributed by atoms with Crippen LogP contribution < -0.4 is 29.3 Å². The number of anilines is 2. The molecule has 2 saturated heterocycles. The number of halogens is 3. The summed E-state index contributed by atoms with van der Waals surface area (Å²) in [7, 11) is 6.14. The number of hydrazine groups is 1. The van der Waals surface area contributed by atoms with Crippen LogP contribution in [0.25, 0.3) is 12.2 Å². The van der Waals surface area contributed by atoms with E-state index in [1.807, 2.05) is 48.6 Å². The number of phenolic OH excluding ortho intramolecular Hbond substituents is 1. The second kappa shape index (κ2) is 17.3. The van der Waals surface area contributed by atoms with Gasteiger partial charge < -0.3 is 24.1 Å². The van der Waals surface area contributed by atoms with E-state index >= 15 is 9.59 Å². The topological polar surface area (TPSA) is 144 Å². The molecule has 4 aliphatic rings. The van der Waals surface area contributed by atoms with Crippen molar-refractivity contribution in [3.05, 3.63) is 145 Å². The van der Waals surface area contributed by atoms with Crippen molar-refractivity contribution in [3.63, 3.8) is 0 Å². The molecule has 1 saturated carbocycles. The molecule has 6 atom stereocenters. The van der Waals surface area contributed by atoms with Crippen molar-refractivity contribution in [2.24, 2.45) is 23.7 Å². The molecule has 0 unspecified atom stereocenters. The minimum atomic E-state index is -1.70. The fraction of sp³-hybridized carbons (Fsp3) is 0.240. The maximum absolute atomic E-state index is 15.7. The van der Waals surface area contributed by atoms with Crippen LogP contribution in [0.2, 0.25) is 10.0 Å². The van der Waals surface area contributed by atoms with Crippen molar-refractivity contribution in [2.75, 3.05) is 38.8 Å². The van der Waals surface area contributed by atoms with E-state index in [2.05, 4.69) is 21.4 Å². The van der Waals surface area contributed by atoms with Crippen molar-refractivity contribution >= 4 is 86.3 Å². The first-order valence-corrected chi connectivity index (χ1v) is 22.3. The highest BCUT2D eigenvalue weighted by atomic mass is 79.9. The van der Waals surface area contributed by atoms with E-state index in [1.54, 1.807) is 74.9 Å². The number of phenols is 1. The number of rotatable bonds is 11. The van der Waals surface area contributed by atoms with Gasteiger partial charge in [-0.05, 0) is 103 Å². The molecule has 2 aliphatic heterocycles. The molecule has 0 radical (unpaired) electrons. The third-order valence-corrected chi connectivity index (χ3v) is 14.2. The first-order valence-electron chi connectivity index (χ1n) is 20.7. The summed E-state index contributed by atoms with van der Waals surface area (Å²) < 4.78 is 22.6. The molecule has 0 bridgehead atoms. The Kier molecular flexibility index (Phi) is 11.7. The van der Waals surface area contributed by atoms with Crippen molar-refractivity contribution in [1.29, 1.82) is 0 Å². The number of allylic oxidation sites excluding steroid dienone is 2. The van der Waals surface area contributed by atoms with Gasteiger partial charge in [0.2, 0.25) is 11.8 Å². The highest BCUT2D eigenvalue weighted by Crippen LogP contribution is 2.65. The molecular weight excluding hydrogens is 937 g/mol. The van der Waals surface area contributed by atoms with Crippen molar-refractivity contribution in [2.45, 2.75) is 24.2 Å². The van der Waals surface area contributed by atoms with E-state index in [0.29, 0.717) is 49.1 Å². The quantitative estimate of drug-likeness (QED) is 0.0746. The number of methoxy groups -OCH3 is 4. The SMILES string of the molecule is COc1ccc([C@@]23C(=O)N(Nc4ccc(Cl)cc4Cl)C(=O)[C@@H]2C[C@@H]2C(=CC[C@@H]4C(=O)N(c5ccc(C=Cc6cc(OC)ccc6OC)cc5)C(=O)[C@@H]42)[C@@H]3c2cc(Br)cc(OC)c2O)cc1. The monoisotopic (exact) mass is 977 g/mol. The van der Waals surface area contributed by atoms with Crippen molar-refractivity contribution in [1.82, 2.24) is 5.01 Å². The molecular formula is C50H42BrCl2N3O9. The lowest BCUT2D eigenvalue weighted by atomic mass is 9.49. The number of carbonyl (C=O) groups is 4. The van der Waals surface area contributed by atoms with Gasteiger partial charge in [0.05, 0.1) is 68.0 Å². The number of carbonyl (C=O) groups excluding carboxylic acids is 4. The lowest BCUT2D eigenvalue weighted by Crippen LogP contribution is -2.53.